The minimum atomic E-state index is -0.528. The maximum absolute atomic E-state index is 10.9. The molecule has 5 N–H and O–H groups in total. The Balaban J connectivity index is 2.38. The minimum absolute atomic E-state index is 0.327. The highest BCUT2D eigenvalue weighted by atomic mass is 16.1. The summed E-state index contributed by atoms with van der Waals surface area (Å²) < 4.78 is 1.45. The summed E-state index contributed by atoms with van der Waals surface area (Å²) in [6.45, 7) is 0. The number of hydrogen-bond acceptors (Lipinski definition) is 5. The minimum Gasteiger partial charge on any atom is -0.366 e. The first-order valence-corrected chi connectivity index (χ1v) is 4.49. The van der Waals surface area contributed by atoms with E-state index < -0.39 is 5.91 Å². The molecule has 2 heterocycles. The number of anilines is 1. The summed E-state index contributed by atoms with van der Waals surface area (Å²) in [5.41, 5.74) is 7.87. The van der Waals surface area contributed by atoms with Crippen LogP contribution in [0.2, 0.25) is 0 Å². The van der Waals surface area contributed by atoms with E-state index in [4.69, 9.17) is 11.6 Å². The van der Waals surface area contributed by atoms with E-state index in [1.807, 2.05) is 0 Å². The van der Waals surface area contributed by atoms with Crippen LogP contribution in [-0.4, -0.2) is 20.7 Å². The highest BCUT2D eigenvalue weighted by Crippen LogP contribution is 2.08. The number of nitrogen functional groups attached to an aromatic ring is 1. The Morgan fingerprint density at radius 1 is 1.44 bits per heavy atom. The molecule has 2 rings (SSSR count). The molecular formula is C9H10N6O. The summed E-state index contributed by atoms with van der Waals surface area (Å²) in [4.78, 5) is 15.0. The quantitative estimate of drug-likeness (QED) is 0.481. The van der Waals surface area contributed by atoms with E-state index in [2.05, 4.69) is 15.5 Å². The number of hydrazine groups is 1. The summed E-state index contributed by atoms with van der Waals surface area (Å²) in [6, 6.07) is 5.21. The third-order valence-electron chi connectivity index (χ3n) is 1.98. The Hall–Kier alpha value is -2.41. The SMILES string of the molecule is NNc1cccc(-n2cc(C(N)=O)cn2)n1. The molecule has 0 atom stereocenters. The van der Waals surface area contributed by atoms with Crippen molar-refractivity contribution in [2.75, 3.05) is 5.43 Å². The van der Waals surface area contributed by atoms with Gasteiger partial charge in [0, 0.05) is 6.20 Å². The van der Waals surface area contributed by atoms with Gasteiger partial charge in [-0.1, -0.05) is 6.07 Å². The Bertz CT molecular complexity index is 520. The fourth-order valence-corrected chi connectivity index (χ4v) is 1.21. The molecule has 7 nitrogen and oxygen atoms in total. The van der Waals surface area contributed by atoms with E-state index in [1.165, 1.54) is 17.1 Å². The number of carbonyl (C=O) groups is 1. The van der Waals surface area contributed by atoms with Gasteiger partial charge < -0.3 is 11.2 Å². The number of carbonyl (C=O) groups excluding carboxylic acids is 1. The second-order valence-corrected chi connectivity index (χ2v) is 3.06. The predicted molar refractivity (Wildman–Crippen MR) is 57.7 cm³/mol. The molecule has 0 spiro atoms. The van der Waals surface area contributed by atoms with Crippen LogP contribution >= 0.6 is 0 Å². The Morgan fingerprint density at radius 2 is 2.25 bits per heavy atom. The monoisotopic (exact) mass is 218 g/mol. The molecule has 1 amide bonds. The predicted octanol–water partition coefficient (Wildman–Crippen LogP) is -0.348. The smallest absolute Gasteiger partial charge is 0.251 e. The molecule has 2 aromatic heterocycles. The van der Waals surface area contributed by atoms with Crippen molar-refractivity contribution < 1.29 is 4.79 Å². The van der Waals surface area contributed by atoms with Crippen LogP contribution in [0.3, 0.4) is 0 Å². The number of aromatic nitrogens is 3. The number of amides is 1. The average molecular weight is 218 g/mol. The highest BCUT2D eigenvalue weighted by molar-refractivity contribution is 5.92. The fourth-order valence-electron chi connectivity index (χ4n) is 1.21. The third-order valence-corrected chi connectivity index (χ3v) is 1.98. The van der Waals surface area contributed by atoms with Gasteiger partial charge in [0.2, 0.25) is 0 Å². The number of nitrogens with zero attached hydrogens (tertiary/aromatic N) is 3. The van der Waals surface area contributed by atoms with Gasteiger partial charge in [0.05, 0.1) is 11.8 Å². The zero-order chi connectivity index (χ0) is 11.5. The third kappa shape index (κ3) is 1.84. The molecular weight excluding hydrogens is 208 g/mol. The lowest BCUT2D eigenvalue weighted by Gasteiger charge is -2.02. The molecule has 0 saturated heterocycles. The fraction of sp³-hybridized carbons (Fsp3) is 0. The lowest BCUT2D eigenvalue weighted by Crippen LogP contribution is -2.10. The molecule has 0 radical (unpaired) electrons. The van der Waals surface area contributed by atoms with Crippen LogP contribution in [0.4, 0.5) is 5.82 Å². The molecule has 0 fully saturated rings. The molecule has 0 aliphatic heterocycles. The largest absolute Gasteiger partial charge is 0.366 e. The van der Waals surface area contributed by atoms with E-state index in [0.717, 1.165) is 0 Å². The van der Waals surface area contributed by atoms with Crippen molar-refractivity contribution in [3.63, 3.8) is 0 Å². The van der Waals surface area contributed by atoms with Gasteiger partial charge in [-0.05, 0) is 12.1 Å². The first kappa shape index (κ1) is 10.1. The molecule has 2 aromatic rings. The van der Waals surface area contributed by atoms with E-state index in [1.54, 1.807) is 18.2 Å². The number of nitrogens with two attached hydrogens (primary N) is 2. The summed E-state index contributed by atoms with van der Waals surface area (Å²) in [5, 5.41) is 3.97. The second-order valence-electron chi connectivity index (χ2n) is 3.06. The molecule has 16 heavy (non-hydrogen) atoms. The summed E-state index contributed by atoms with van der Waals surface area (Å²) in [5.74, 6) is 5.76. The Labute approximate surface area is 91.0 Å². The van der Waals surface area contributed by atoms with Crippen molar-refractivity contribution in [3.8, 4) is 5.82 Å². The van der Waals surface area contributed by atoms with Gasteiger partial charge in [-0.15, -0.1) is 0 Å². The Morgan fingerprint density at radius 3 is 2.88 bits per heavy atom. The van der Waals surface area contributed by atoms with Crippen LogP contribution in [0, 0.1) is 0 Å². The van der Waals surface area contributed by atoms with Gasteiger partial charge in [0.15, 0.2) is 5.82 Å². The molecule has 0 bridgehead atoms. The standard InChI is InChI=1S/C9H10N6O/c10-9(16)6-4-12-15(5-6)8-3-1-2-7(13-8)14-11/h1-5H,11H2,(H2,10,16)(H,13,14). The Kier molecular flexibility index (Phi) is 2.52. The van der Waals surface area contributed by atoms with E-state index in [0.29, 0.717) is 17.2 Å². The van der Waals surface area contributed by atoms with E-state index in [-0.39, 0.29) is 0 Å². The van der Waals surface area contributed by atoms with Crippen molar-refractivity contribution in [1.82, 2.24) is 14.8 Å². The van der Waals surface area contributed by atoms with Gasteiger partial charge in [0.1, 0.15) is 5.82 Å². The summed E-state index contributed by atoms with van der Waals surface area (Å²) in [7, 11) is 0. The van der Waals surface area contributed by atoms with Crippen LogP contribution in [0.1, 0.15) is 10.4 Å². The lowest BCUT2D eigenvalue weighted by molar-refractivity contribution is 0.100. The topological polar surface area (TPSA) is 112 Å². The lowest BCUT2D eigenvalue weighted by atomic mass is 10.3. The van der Waals surface area contributed by atoms with Crippen LogP contribution in [-0.2, 0) is 0 Å². The average Bonchev–Trinajstić information content (AvgIpc) is 2.78. The summed E-state index contributed by atoms with van der Waals surface area (Å²) in [6.07, 6.45) is 2.89. The number of nitrogens with one attached hydrogen (secondary N) is 1. The molecule has 0 aliphatic carbocycles. The molecule has 0 unspecified atom stereocenters. The van der Waals surface area contributed by atoms with Gasteiger partial charge >= 0.3 is 0 Å². The second kappa shape index (κ2) is 3.99. The van der Waals surface area contributed by atoms with Crippen LogP contribution in [0.25, 0.3) is 5.82 Å². The van der Waals surface area contributed by atoms with Crippen molar-refractivity contribution >= 4 is 11.7 Å². The van der Waals surface area contributed by atoms with Gasteiger partial charge in [-0.2, -0.15) is 5.10 Å². The van der Waals surface area contributed by atoms with Crippen LogP contribution in [0.5, 0.6) is 0 Å². The normalized spacial score (nSPS) is 10.1. The molecule has 0 saturated carbocycles. The number of pyridine rings is 1. The van der Waals surface area contributed by atoms with E-state index in [9.17, 15) is 4.79 Å². The van der Waals surface area contributed by atoms with Crippen molar-refractivity contribution in [3.05, 3.63) is 36.2 Å². The van der Waals surface area contributed by atoms with Gasteiger partial charge in [0.25, 0.3) is 5.91 Å². The molecule has 0 aromatic carbocycles. The van der Waals surface area contributed by atoms with Crippen LogP contribution < -0.4 is 17.0 Å². The maximum Gasteiger partial charge on any atom is 0.251 e. The zero-order valence-corrected chi connectivity index (χ0v) is 8.29. The van der Waals surface area contributed by atoms with Gasteiger partial charge in [-0.3, -0.25) is 4.79 Å². The summed E-state index contributed by atoms with van der Waals surface area (Å²) >= 11 is 0. The highest BCUT2D eigenvalue weighted by Gasteiger charge is 2.06. The van der Waals surface area contributed by atoms with Crippen LogP contribution in [0.15, 0.2) is 30.6 Å². The maximum atomic E-state index is 10.9. The van der Waals surface area contributed by atoms with Crippen molar-refractivity contribution in [1.29, 1.82) is 0 Å². The van der Waals surface area contributed by atoms with E-state index >= 15 is 0 Å². The number of primary amides is 1. The van der Waals surface area contributed by atoms with Crippen molar-refractivity contribution in [2.45, 2.75) is 0 Å². The van der Waals surface area contributed by atoms with Crippen molar-refractivity contribution in [2.24, 2.45) is 11.6 Å². The first-order valence-electron chi connectivity index (χ1n) is 4.49. The number of rotatable bonds is 3. The van der Waals surface area contributed by atoms with Gasteiger partial charge in [-0.25, -0.2) is 15.5 Å². The first-order chi connectivity index (χ1) is 7.70. The molecule has 7 heteroatoms. The number of hydrogen-bond donors (Lipinski definition) is 3. The molecule has 82 valence electrons. The zero-order valence-electron chi connectivity index (χ0n) is 8.29. The molecule has 0 aliphatic rings.